The van der Waals surface area contributed by atoms with Gasteiger partial charge in [-0.25, -0.2) is 0 Å². The summed E-state index contributed by atoms with van der Waals surface area (Å²) in [5.41, 5.74) is 1.69. The zero-order valence-electron chi connectivity index (χ0n) is 8.94. The molecule has 0 N–H and O–H groups in total. The van der Waals surface area contributed by atoms with Gasteiger partial charge >= 0.3 is 0 Å². The van der Waals surface area contributed by atoms with Crippen molar-refractivity contribution in [3.63, 3.8) is 0 Å². The molecule has 3 nitrogen and oxygen atoms in total. The lowest BCUT2D eigenvalue weighted by Gasteiger charge is -2.05. The molecule has 0 saturated carbocycles. The van der Waals surface area contributed by atoms with Crippen molar-refractivity contribution < 1.29 is 4.74 Å². The predicted octanol–water partition coefficient (Wildman–Crippen LogP) is 3.50. The molecule has 0 saturated heterocycles. The van der Waals surface area contributed by atoms with Gasteiger partial charge < -0.3 is 4.74 Å². The SMILES string of the molecule is Clc1ccc(COCc2ccccc2Cl)nn1. The fourth-order valence-electron chi connectivity index (χ4n) is 1.30. The standard InChI is InChI=1S/C12H10Cl2N2O/c13-11-4-2-1-3-9(11)7-17-8-10-5-6-12(14)16-15-10/h1-6H,7-8H2. The number of benzene rings is 1. The summed E-state index contributed by atoms with van der Waals surface area (Å²) in [7, 11) is 0. The highest BCUT2D eigenvalue weighted by Crippen LogP contribution is 2.16. The molecule has 17 heavy (non-hydrogen) atoms. The summed E-state index contributed by atoms with van der Waals surface area (Å²) < 4.78 is 5.50. The van der Waals surface area contributed by atoms with Crippen molar-refractivity contribution in [2.24, 2.45) is 0 Å². The van der Waals surface area contributed by atoms with Crippen LogP contribution in [0.3, 0.4) is 0 Å². The van der Waals surface area contributed by atoms with E-state index in [9.17, 15) is 0 Å². The Bertz CT molecular complexity index is 488. The summed E-state index contributed by atoms with van der Waals surface area (Å²) >= 11 is 11.6. The lowest BCUT2D eigenvalue weighted by Crippen LogP contribution is -1.98. The first kappa shape index (κ1) is 12.3. The molecule has 2 rings (SSSR count). The normalized spacial score (nSPS) is 10.5. The number of rotatable bonds is 4. The van der Waals surface area contributed by atoms with Crippen LogP contribution in [-0.2, 0) is 18.0 Å². The summed E-state index contributed by atoms with van der Waals surface area (Å²) in [6.07, 6.45) is 0. The highest BCUT2D eigenvalue weighted by Gasteiger charge is 2.00. The molecule has 0 aliphatic heterocycles. The van der Waals surface area contributed by atoms with E-state index in [1.165, 1.54) is 0 Å². The quantitative estimate of drug-likeness (QED) is 0.852. The van der Waals surface area contributed by atoms with Crippen LogP contribution in [0, 0.1) is 0 Å². The van der Waals surface area contributed by atoms with Crippen molar-refractivity contribution in [3.05, 3.63) is 57.8 Å². The van der Waals surface area contributed by atoms with Crippen molar-refractivity contribution in [1.29, 1.82) is 0 Å². The van der Waals surface area contributed by atoms with Crippen LogP contribution in [0.2, 0.25) is 10.2 Å². The van der Waals surface area contributed by atoms with Gasteiger partial charge in [-0.3, -0.25) is 0 Å². The summed E-state index contributed by atoms with van der Waals surface area (Å²) in [5, 5.41) is 8.70. The number of aromatic nitrogens is 2. The predicted molar refractivity (Wildman–Crippen MR) is 67.0 cm³/mol. The van der Waals surface area contributed by atoms with Gasteiger partial charge in [-0.2, -0.15) is 5.10 Å². The summed E-state index contributed by atoms with van der Waals surface area (Å²) in [6.45, 7) is 0.833. The van der Waals surface area contributed by atoms with Crippen LogP contribution in [0.4, 0.5) is 0 Å². The summed E-state index contributed by atoms with van der Waals surface area (Å²) in [4.78, 5) is 0. The number of nitrogens with zero attached hydrogens (tertiary/aromatic N) is 2. The zero-order chi connectivity index (χ0) is 12.1. The number of hydrogen-bond donors (Lipinski definition) is 0. The minimum atomic E-state index is 0.375. The fourth-order valence-corrected chi connectivity index (χ4v) is 1.59. The van der Waals surface area contributed by atoms with Gasteiger partial charge in [0.1, 0.15) is 0 Å². The average Bonchev–Trinajstić information content (AvgIpc) is 2.34. The van der Waals surface area contributed by atoms with Crippen LogP contribution in [0.15, 0.2) is 36.4 Å². The first-order valence-electron chi connectivity index (χ1n) is 5.05. The zero-order valence-corrected chi connectivity index (χ0v) is 10.4. The lowest BCUT2D eigenvalue weighted by atomic mass is 10.2. The van der Waals surface area contributed by atoms with Crippen LogP contribution >= 0.6 is 23.2 Å². The monoisotopic (exact) mass is 268 g/mol. The maximum Gasteiger partial charge on any atom is 0.151 e. The smallest absolute Gasteiger partial charge is 0.151 e. The largest absolute Gasteiger partial charge is 0.370 e. The van der Waals surface area contributed by atoms with E-state index in [2.05, 4.69) is 10.2 Å². The highest BCUT2D eigenvalue weighted by atomic mass is 35.5. The summed E-state index contributed by atoms with van der Waals surface area (Å²) in [5.74, 6) is 0. The molecule has 1 aromatic heterocycles. The van der Waals surface area contributed by atoms with Gasteiger partial charge in [-0.05, 0) is 23.8 Å². The van der Waals surface area contributed by atoms with E-state index in [0.717, 1.165) is 11.3 Å². The van der Waals surface area contributed by atoms with Crippen LogP contribution in [-0.4, -0.2) is 10.2 Å². The molecule has 0 fully saturated rings. The van der Waals surface area contributed by atoms with Gasteiger partial charge in [0, 0.05) is 5.02 Å². The molecule has 0 aliphatic carbocycles. The van der Waals surface area contributed by atoms with Crippen molar-refractivity contribution in [2.75, 3.05) is 0 Å². The summed E-state index contributed by atoms with van der Waals surface area (Å²) in [6, 6.07) is 11.0. The van der Waals surface area contributed by atoms with Crippen LogP contribution in [0.25, 0.3) is 0 Å². The third kappa shape index (κ3) is 3.66. The van der Waals surface area contributed by atoms with Gasteiger partial charge in [0.2, 0.25) is 0 Å². The second-order valence-electron chi connectivity index (χ2n) is 3.43. The molecular formula is C12H10Cl2N2O. The lowest BCUT2D eigenvalue weighted by molar-refractivity contribution is 0.104. The Morgan fingerprint density at radius 3 is 2.47 bits per heavy atom. The van der Waals surface area contributed by atoms with E-state index in [1.54, 1.807) is 12.1 Å². The average molecular weight is 269 g/mol. The molecule has 0 bridgehead atoms. The molecule has 1 heterocycles. The van der Waals surface area contributed by atoms with E-state index in [4.69, 9.17) is 27.9 Å². The molecule has 0 spiro atoms. The maximum absolute atomic E-state index is 6.00. The van der Waals surface area contributed by atoms with Crippen LogP contribution in [0.1, 0.15) is 11.3 Å². The van der Waals surface area contributed by atoms with Gasteiger partial charge in [0.05, 0.1) is 18.9 Å². The maximum atomic E-state index is 6.00. The first-order valence-corrected chi connectivity index (χ1v) is 5.80. The molecule has 0 aliphatic rings. The Kier molecular flexibility index (Phi) is 4.31. The molecule has 2 aromatic rings. The molecule has 0 unspecified atom stereocenters. The Morgan fingerprint density at radius 2 is 1.76 bits per heavy atom. The second-order valence-corrected chi connectivity index (χ2v) is 4.23. The number of halogens is 2. The highest BCUT2D eigenvalue weighted by molar-refractivity contribution is 6.31. The van der Waals surface area contributed by atoms with E-state index < -0.39 is 0 Å². The van der Waals surface area contributed by atoms with Crippen molar-refractivity contribution in [3.8, 4) is 0 Å². The Hall–Kier alpha value is -1.16. The van der Waals surface area contributed by atoms with Crippen LogP contribution in [0.5, 0.6) is 0 Å². The van der Waals surface area contributed by atoms with E-state index >= 15 is 0 Å². The molecule has 0 atom stereocenters. The van der Waals surface area contributed by atoms with Crippen LogP contribution < -0.4 is 0 Å². The third-order valence-corrected chi connectivity index (χ3v) is 2.72. The van der Waals surface area contributed by atoms with Gasteiger partial charge in [-0.1, -0.05) is 41.4 Å². The van der Waals surface area contributed by atoms with E-state index in [1.807, 2.05) is 24.3 Å². The fraction of sp³-hybridized carbons (Fsp3) is 0.167. The topological polar surface area (TPSA) is 35.0 Å². The second kappa shape index (κ2) is 5.96. The van der Waals surface area contributed by atoms with Crippen molar-refractivity contribution in [2.45, 2.75) is 13.2 Å². The molecule has 0 radical (unpaired) electrons. The molecule has 5 heteroatoms. The molecule has 88 valence electrons. The Labute approximate surface area is 109 Å². The molecular weight excluding hydrogens is 259 g/mol. The molecule has 1 aromatic carbocycles. The molecule has 0 amide bonds. The number of ether oxygens (including phenoxy) is 1. The van der Waals surface area contributed by atoms with Gasteiger partial charge in [0.25, 0.3) is 0 Å². The first-order chi connectivity index (χ1) is 8.25. The minimum absolute atomic E-state index is 0.375. The van der Waals surface area contributed by atoms with Gasteiger partial charge in [0.15, 0.2) is 5.15 Å². The minimum Gasteiger partial charge on any atom is -0.370 e. The van der Waals surface area contributed by atoms with Crippen molar-refractivity contribution >= 4 is 23.2 Å². The van der Waals surface area contributed by atoms with E-state index in [-0.39, 0.29) is 0 Å². The van der Waals surface area contributed by atoms with Gasteiger partial charge in [-0.15, -0.1) is 5.10 Å². The van der Waals surface area contributed by atoms with E-state index in [0.29, 0.717) is 23.4 Å². The Morgan fingerprint density at radius 1 is 0.941 bits per heavy atom. The Balaban J connectivity index is 1.88. The third-order valence-electron chi connectivity index (χ3n) is 2.15. The van der Waals surface area contributed by atoms with Crippen molar-refractivity contribution in [1.82, 2.24) is 10.2 Å². The number of hydrogen-bond acceptors (Lipinski definition) is 3.